The molecule has 5 heteroatoms. The number of piperazine rings is 1. The van der Waals surface area contributed by atoms with Crippen molar-refractivity contribution in [3.05, 3.63) is 41.7 Å². The topological polar surface area (TPSA) is 41.1 Å². The minimum atomic E-state index is 0.723. The zero-order valence-corrected chi connectivity index (χ0v) is 11.3. The zero-order chi connectivity index (χ0) is 13.1. The molecule has 2 heterocycles. The molecule has 98 valence electrons. The van der Waals surface area contributed by atoms with Crippen LogP contribution in [0.4, 0.5) is 5.69 Å². The largest absolute Gasteiger partial charge is 0.366 e. The number of nitrogens with zero attached hydrogens (tertiary/aromatic N) is 3. The Morgan fingerprint density at radius 3 is 2.26 bits per heavy atom. The maximum Gasteiger partial charge on any atom is 0.159 e. The summed E-state index contributed by atoms with van der Waals surface area (Å²) in [7, 11) is 0. The molecule has 3 rings (SSSR count). The van der Waals surface area contributed by atoms with Gasteiger partial charge in [-0.1, -0.05) is 11.6 Å². The van der Waals surface area contributed by atoms with Crippen LogP contribution in [0.1, 0.15) is 0 Å². The first-order valence-corrected chi connectivity index (χ1v) is 6.74. The fourth-order valence-electron chi connectivity index (χ4n) is 2.16. The summed E-state index contributed by atoms with van der Waals surface area (Å²) in [4.78, 5) is 11.2. The van der Waals surface area contributed by atoms with Gasteiger partial charge in [-0.25, -0.2) is 9.97 Å². The number of rotatable bonds is 2. The van der Waals surface area contributed by atoms with E-state index in [1.54, 1.807) is 0 Å². The van der Waals surface area contributed by atoms with Crippen LogP contribution in [0.25, 0.3) is 11.4 Å². The lowest BCUT2D eigenvalue weighted by Gasteiger charge is -2.28. The molecule has 19 heavy (non-hydrogen) atoms. The first-order valence-electron chi connectivity index (χ1n) is 6.36. The molecule has 0 amide bonds. The fraction of sp³-hybridized carbons (Fsp3) is 0.286. The third-order valence-electron chi connectivity index (χ3n) is 3.22. The Labute approximate surface area is 117 Å². The number of aromatic nitrogens is 2. The molecule has 0 bridgehead atoms. The third kappa shape index (κ3) is 2.85. The quantitative estimate of drug-likeness (QED) is 0.912. The van der Waals surface area contributed by atoms with Gasteiger partial charge in [0.05, 0.1) is 18.1 Å². The predicted octanol–water partition coefficient (Wildman–Crippen LogP) is 2.21. The molecule has 1 fully saturated rings. The summed E-state index contributed by atoms with van der Waals surface area (Å²) in [5.74, 6) is 0.732. The first-order chi connectivity index (χ1) is 9.33. The van der Waals surface area contributed by atoms with Crippen LogP contribution < -0.4 is 10.2 Å². The molecule has 0 atom stereocenters. The monoisotopic (exact) mass is 274 g/mol. The van der Waals surface area contributed by atoms with E-state index < -0.39 is 0 Å². The lowest BCUT2D eigenvalue weighted by Crippen LogP contribution is -2.43. The van der Waals surface area contributed by atoms with E-state index in [0.717, 1.165) is 48.3 Å². The van der Waals surface area contributed by atoms with Crippen molar-refractivity contribution in [2.24, 2.45) is 0 Å². The lowest BCUT2D eigenvalue weighted by molar-refractivity contribution is 0.588. The normalized spacial score (nSPS) is 15.5. The summed E-state index contributed by atoms with van der Waals surface area (Å²) in [5, 5.41) is 4.06. The van der Waals surface area contributed by atoms with E-state index >= 15 is 0 Å². The molecule has 1 aromatic heterocycles. The van der Waals surface area contributed by atoms with Gasteiger partial charge in [0, 0.05) is 36.8 Å². The molecule has 1 N–H and O–H groups in total. The second-order valence-corrected chi connectivity index (χ2v) is 4.95. The Kier molecular flexibility index (Phi) is 3.62. The highest BCUT2D eigenvalue weighted by Crippen LogP contribution is 2.19. The van der Waals surface area contributed by atoms with Crippen LogP contribution in [0.2, 0.25) is 5.02 Å². The number of hydrogen-bond acceptors (Lipinski definition) is 4. The SMILES string of the molecule is Clc1ccc(-c2ncc(N3CCNCC3)cn2)cc1. The van der Waals surface area contributed by atoms with Crippen molar-refractivity contribution in [3.8, 4) is 11.4 Å². The van der Waals surface area contributed by atoms with Crippen molar-refractivity contribution in [3.63, 3.8) is 0 Å². The summed E-state index contributed by atoms with van der Waals surface area (Å²) in [6.07, 6.45) is 3.78. The molecule has 1 aliphatic rings. The van der Waals surface area contributed by atoms with Crippen LogP contribution in [0.5, 0.6) is 0 Å². The number of anilines is 1. The van der Waals surface area contributed by atoms with Gasteiger partial charge in [0.25, 0.3) is 0 Å². The van der Waals surface area contributed by atoms with E-state index in [-0.39, 0.29) is 0 Å². The number of benzene rings is 1. The summed E-state index contributed by atoms with van der Waals surface area (Å²) in [6, 6.07) is 7.57. The minimum absolute atomic E-state index is 0.723. The standard InChI is InChI=1S/C14H15ClN4/c15-12-3-1-11(2-4-12)14-17-9-13(10-18-14)19-7-5-16-6-8-19/h1-4,9-10,16H,5-8H2. The maximum absolute atomic E-state index is 5.87. The van der Waals surface area contributed by atoms with E-state index in [0.29, 0.717) is 0 Å². The Bertz CT molecular complexity index is 532. The number of hydrogen-bond donors (Lipinski definition) is 1. The van der Waals surface area contributed by atoms with Crippen molar-refractivity contribution >= 4 is 17.3 Å². The molecular weight excluding hydrogens is 260 g/mol. The second kappa shape index (κ2) is 5.55. The van der Waals surface area contributed by atoms with Gasteiger partial charge in [-0.2, -0.15) is 0 Å². The van der Waals surface area contributed by atoms with Crippen molar-refractivity contribution in [1.29, 1.82) is 0 Å². The molecule has 1 aliphatic heterocycles. The van der Waals surface area contributed by atoms with Gasteiger partial charge in [0.15, 0.2) is 5.82 Å². The molecular formula is C14H15ClN4. The van der Waals surface area contributed by atoms with Gasteiger partial charge in [0.1, 0.15) is 0 Å². The highest BCUT2D eigenvalue weighted by molar-refractivity contribution is 6.30. The highest BCUT2D eigenvalue weighted by atomic mass is 35.5. The molecule has 0 saturated carbocycles. The molecule has 0 spiro atoms. The molecule has 4 nitrogen and oxygen atoms in total. The van der Waals surface area contributed by atoms with E-state index in [1.807, 2.05) is 36.7 Å². The van der Waals surface area contributed by atoms with Crippen molar-refractivity contribution in [1.82, 2.24) is 15.3 Å². The highest BCUT2D eigenvalue weighted by Gasteiger charge is 2.11. The van der Waals surface area contributed by atoms with Crippen LogP contribution in [0.3, 0.4) is 0 Å². The average molecular weight is 275 g/mol. The van der Waals surface area contributed by atoms with Crippen molar-refractivity contribution < 1.29 is 0 Å². The molecule has 2 aromatic rings. The van der Waals surface area contributed by atoms with E-state index in [4.69, 9.17) is 11.6 Å². The van der Waals surface area contributed by atoms with Crippen molar-refractivity contribution in [2.75, 3.05) is 31.1 Å². The smallest absolute Gasteiger partial charge is 0.159 e. The van der Waals surface area contributed by atoms with Gasteiger partial charge in [0.2, 0.25) is 0 Å². The van der Waals surface area contributed by atoms with Gasteiger partial charge >= 0.3 is 0 Å². The van der Waals surface area contributed by atoms with E-state index in [2.05, 4.69) is 20.2 Å². The molecule has 1 aromatic carbocycles. The predicted molar refractivity (Wildman–Crippen MR) is 77.6 cm³/mol. The van der Waals surface area contributed by atoms with E-state index in [1.165, 1.54) is 0 Å². The molecule has 0 radical (unpaired) electrons. The summed E-state index contributed by atoms with van der Waals surface area (Å²) in [5.41, 5.74) is 2.07. The van der Waals surface area contributed by atoms with Gasteiger partial charge in [-0.15, -0.1) is 0 Å². The molecule has 0 unspecified atom stereocenters. The van der Waals surface area contributed by atoms with Crippen LogP contribution in [0, 0.1) is 0 Å². The van der Waals surface area contributed by atoms with E-state index in [9.17, 15) is 0 Å². The zero-order valence-electron chi connectivity index (χ0n) is 10.5. The fourth-order valence-corrected chi connectivity index (χ4v) is 2.28. The Morgan fingerprint density at radius 1 is 1.00 bits per heavy atom. The summed E-state index contributed by atoms with van der Waals surface area (Å²) in [6.45, 7) is 4.03. The first kappa shape index (κ1) is 12.4. The second-order valence-electron chi connectivity index (χ2n) is 4.51. The van der Waals surface area contributed by atoms with Crippen LogP contribution in [-0.2, 0) is 0 Å². The average Bonchev–Trinajstić information content (AvgIpc) is 2.49. The van der Waals surface area contributed by atoms with Gasteiger partial charge in [-0.3, -0.25) is 0 Å². The Balaban J connectivity index is 1.80. The van der Waals surface area contributed by atoms with Gasteiger partial charge in [-0.05, 0) is 24.3 Å². The Morgan fingerprint density at radius 2 is 1.63 bits per heavy atom. The molecule has 0 aliphatic carbocycles. The van der Waals surface area contributed by atoms with Gasteiger partial charge < -0.3 is 10.2 Å². The van der Waals surface area contributed by atoms with Crippen LogP contribution >= 0.6 is 11.6 Å². The number of halogens is 1. The van der Waals surface area contributed by atoms with Crippen LogP contribution in [-0.4, -0.2) is 36.1 Å². The number of nitrogens with one attached hydrogen (secondary N) is 1. The summed E-state index contributed by atoms with van der Waals surface area (Å²) >= 11 is 5.87. The molecule has 1 saturated heterocycles. The van der Waals surface area contributed by atoms with Crippen molar-refractivity contribution in [2.45, 2.75) is 0 Å². The summed E-state index contributed by atoms with van der Waals surface area (Å²) < 4.78 is 0. The minimum Gasteiger partial charge on any atom is -0.366 e. The third-order valence-corrected chi connectivity index (χ3v) is 3.47. The Hall–Kier alpha value is -1.65. The maximum atomic E-state index is 5.87. The van der Waals surface area contributed by atoms with Crippen LogP contribution in [0.15, 0.2) is 36.7 Å². The lowest BCUT2D eigenvalue weighted by atomic mass is 10.2.